The molecule has 1 aliphatic rings. The lowest BCUT2D eigenvalue weighted by Gasteiger charge is -2.12. The van der Waals surface area contributed by atoms with E-state index in [0.29, 0.717) is 24.1 Å². The number of hydrogen-bond acceptors (Lipinski definition) is 4. The van der Waals surface area contributed by atoms with Crippen LogP contribution >= 0.6 is 15.9 Å². The summed E-state index contributed by atoms with van der Waals surface area (Å²) in [4.78, 5) is 4.46. The van der Waals surface area contributed by atoms with Crippen LogP contribution in [-0.2, 0) is 0 Å². The van der Waals surface area contributed by atoms with Crippen molar-refractivity contribution in [2.45, 2.75) is 19.8 Å². The number of nitrogens with two attached hydrogens (primary N) is 1. The molecule has 0 atom stereocenters. The largest absolute Gasteiger partial charge is 0.476 e. The first kappa shape index (κ1) is 14.2. The zero-order chi connectivity index (χ0) is 14.8. The number of rotatable bonds is 5. The van der Waals surface area contributed by atoms with E-state index < -0.39 is 0 Å². The molecule has 110 valence electrons. The smallest absolute Gasteiger partial charge is 0.239 e. The minimum atomic E-state index is 0.510. The van der Waals surface area contributed by atoms with Crippen LogP contribution in [0.25, 0.3) is 0 Å². The van der Waals surface area contributed by atoms with Gasteiger partial charge in [0.25, 0.3) is 0 Å². The van der Waals surface area contributed by atoms with Crippen LogP contribution in [-0.4, -0.2) is 11.6 Å². The Kier molecular flexibility index (Phi) is 4.01. The molecular weight excluding hydrogens is 330 g/mol. The van der Waals surface area contributed by atoms with Crippen molar-refractivity contribution in [1.29, 1.82) is 0 Å². The van der Waals surface area contributed by atoms with Gasteiger partial charge in [-0.05, 0) is 71.4 Å². The Morgan fingerprint density at radius 1 is 1.33 bits per heavy atom. The minimum absolute atomic E-state index is 0.510. The molecule has 1 aromatic carbocycles. The summed E-state index contributed by atoms with van der Waals surface area (Å²) in [5.74, 6) is 1.91. The summed E-state index contributed by atoms with van der Waals surface area (Å²) in [6.45, 7) is 2.76. The Morgan fingerprint density at radius 2 is 2.14 bits per heavy atom. The van der Waals surface area contributed by atoms with Crippen molar-refractivity contribution in [2.75, 3.05) is 17.7 Å². The van der Waals surface area contributed by atoms with E-state index in [2.05, 4.69) is 45.3 Å². The highest BCUT2D eigenvalue weighted by molar-refractivity contribution is 9.10. The maximum Gasteiger partial charge on any atom is 0.239 e. The highest BCUT2D eigenvalue weighted by Crippen LogP contribution is 2.32. The van der Waals surface area contributed by atoms with Crippen molar-refractivity contribution in [1.82, 2.24) is 4.98 Å². The molecule has 0 unspecified atom stereocenters. The van der Waals surface area contributed by atoms with Gasteiger partial charge in [0.05, 0.1) is 18.0 Å². The number of nitrogen functional groups attached to an aromatic ring is 1. The van der Waals surface area contributed by atoms with Gasteiger partial charge in [-0.25, -0.2) is 0 Å². The van der Waals surface area contributed by atoms with Gasteiger partial charge in [0.1, 0.15) is 5.82 Å². The van der Waals surface area contributed by atoms with Crippen molar-refractivity contribution in [2.24, 2.45) is 5.92 Å². The molecule has 1 fully saturated rings. The van der Waals surface area contributed by atoms with E-state index in [4.69, 9.17) is 10.5 Å². The zero-order valence-electron chi connectivity index (χ0n) is 11.9. The summed E-state index contributed by atoms with van der Waals surface area (Å²) in [5, 5.41) is 3.29. The molecular formula is C16H18BrN3O. The monoisotopic (exact) mass is 347 g/mol. The minimum Gasteiger partial charge on any atom is -0.476 e. The van der Waals surface area contributed by atoms with Crippen LogP contribution in [0.15, 0.2) is 34.8 Å². The first-order chi connectivity index (χ1) is 10.1. The Balaban J connectivity index is 1.78. The molecule has 0 radical (unpaired) electrons. The molecule has 2 aromatic rings. The first-order valence-electron chi connectivity index (χ1n) is 7.04. The van der Waals surface area contributed by atoms with Crippen LogP contribution < -0.4 is 15.8 Å². The average Bonchev–Trinajstić information content (AvgIpc) is 3.27. The molecule has 1 saturated carbocycles. The average molecular weight is 348 g/mol. The molecule has 0 aliphatic heterocycles. The van der Waals surface area contributed by atoms with Crippen molar-refractivity contribution in [3.05, 3.63) is 40.4 Å². The molecule has 21 heavy (non-hydrogen) atoms. The summed E-state index contributed by atoms with van der Waals surface area (Å²) in [6, 6.07) is 9.80. The number of nitrogens with zero attached hydrogens (tertiary/aromatic N) is 1. The van der Waals surface area contributed by atoms with Crippen molar-refractivity contribution >= 4 is 33.1 Å². The van der Waals surface area contributed by atoms with Gasteiger partial charge >= 0.3 is 0 Å². The van der Waals surface area contributed by atoms with Gasteiger partial charge in [-0.2, -0.15) is 4.98 Å². The Labute approximate surface area is 132 Å². The molecule has 0 spiro atoms. The number of halogens is 1. The highest BCUT2D eigenvalue weighted by Gasteiger charge is 2.22. The van der Waals surface area contributed by atoms with Gasteiger partial charge in [0, 0.05) is 4.47 Å². The maximum atomic E-state index is 5.92. The maximum absolute atomic E-state index is 5.92. The van der Waals surface area contributed by atoms with Crippen molar-refractivity contribution < 1.29 is 4.74 Å². The molecule has 0 amide bonds. The molecule has 3 N–H and O–H groups in total. The fourth-order valence-electron chi connectivity index (χ4n) is 1.99. The van der Waals surface area contributed by atoms with Gasteiger partial charge in [0.2, 0.25) is 5.88 Å². The third-order valence-corrected chi connectivity index (χ3v) is 4.12. The van der Waals surface area contributed by atoms with Gasteiger partial charge < -0.3 is 15.8 Å². The Bertz CT molecular complexity index is 656. The lowest BCUT2D eigenvalue weighted by molar-refractivity contribution is 0.290. The second-order valence-electron chi connectivity index (χ2n) is 5.45. The summed E-state index contributed by atoms with van der Waals surface area (Å²) >= 11 is 3.53. The van der Waals surface area contributed by atoms with Gasteiger partial charge in [-0.3, -0.25) is 0 Å². The number of pyridine rings is 1. The highest BCUT2D eigenvalue weighted by atomic mass is 79.9. The molecule has 4 nitrogen and oxygen atoms in total. The molecule has 3 rings (SSSR count). The summed E-state index contributed by atoms with van der Waals surface area (Å²) in [6.07, 6.45) is 2.49. The first-order valence-corrected chi connectivity index (χ1v) is 7.83. The van der Waals surface area contributed by atoms with Crippen LogP contribution in [0, 0.1) is 12.8 Å². The molecule has 1 aromatic heterocycles. The van der Waals surface area contributed by atoms with E-state index in [1.807, 2.05) is 18.2 Å². The summed E-state index contributed by atoms with van der Waals surface area (Å²) in [5.41, 5.74) is 8.65. The predicted molar refractivity (Wildman–Crippen MR) is 89.0 cm³/mol. The SMILES string of the molecule is Cc1ccc(Br)c(Nc2ccc(N)c(OCC3CC3)n2)c1. The fraction of sp³-hybridized carbons (Fsp3) is 0.312. The lowest BCUT2D eigenvalue weighted by atomic mass is 10.2. The standard InChI is InChI=1S/C16H18BrN3O/c1-10-2-5-12(17)14(8-10)19-15-7-6-13(18)16(20-15)21-9-11-3-4-11/h2,5-8,11H,3-4,9,18H2,1H3,(H,19,20). The van der Waals surface area contributed by atoms with Crippen LogP contribution in [0.2, 0.25) is 0 Å². The summed E-state index contributed by atoms with van der Waals surface area (Å²) < 4.78 is 6.70. The summed E-state index contributed by atoms with van der Waals surface area (Å²) in [7, 11) is 0. The number of anilines is 3. The molecule has 0 bridgehead atoms. The lowest BCUT2D eigenvalue weighted by Crippen LogP contribution is -2.05. The Morgan fingerprint density at radius 3 is 2.90 bits per heavy atom. The van der Waals surface area contributed by atoms with Gasteiger partial charge in [-0.1, -0.05) is 6.07 Å². The van der Waals surface area contributed by atoms with Crippen molar-refractivity contribution in [3.8, 4) is 5.88 Å². The molecule has 0 saturated heterocycles. The number of ether oxygens (including phenoxy) is 1. The number of hydrogen-bond donors (Lipinski definition) is 2. The molecule has 5 heteroatoms. The van der Waals surface area contributed by atoms with E-state index in [-0.39, 0.29) is 0 Å². The number of benzene rings is 1. The van der Waals surface area contributed by atoms with Crippen LogP contribution in [0.4, 0.5) is 17.2 Å². The number of nitrogens with one attached hydrogen (secondary N) is 1. The van der Waals surface area contributed by atoms with Gasteiger partial charge in [0.15, 0.2) is 0 Å². The van der Waals surface area contributed by atoms with Crippen LogP contribution in [0.1, 0.15) is 18.4 Å². The normalized spacial score (nSPS) is 14.0. The van der Waals surface area contributed by atoms with Crippen LogP contribution in [0.3, 0.4) is 0 Å². The van der Waals surface area contributed by atoms with Crippen molar-refractivity contribution in [3.63, 3.8) is 0 Å². The zero-order valence-corrected chi connectivity index (χ0v) is 13.5. The Hall–Kier alpha value is -1.75. The third kappa shape index (κ3) is 3.67. The second kappa shape index (κ2) is 5.93. The van der Waals surface area contributed by atoms with E-state index >= 15 is 0 Å². The van der Waals surface area contributed by atoms with E-state index in [0.717, 1.165) is 16.0 Å². The third-order valence-electron chi connectivity index (χ3n) is 3.43. The van der Waals surface area contributed by atoms with E-state index in [9.17, 15) is 0 Å². The number of aromatic nitrogens is 1. The molecule has 1 aliphatic carbocycles. The van der Waals surface area contributed by atoms with E-state index in [1.165, 1.54) is 18.4 Å². The quantitative estimate of drug-likeness (QED) is 0.847. The topological polar surface area (TPSA) is 60.2 Å². The molecule has 1 heterocycles. The fourth-order valence-corrected chi connectivity index (χ4v) is 2.34. The second-order valence-corrected chi connectivity index (χ2v) is 6.31. The predicted octanol–water partition coefficient (Wildman–Crippen LogP) is 4.27. The van der Waals surface area contributed by atoms with Crippen LogP contribution in [0.5, 0.6) is 5.88 Å². The van der Waals surface area contributed by atoms with Gasteiger partial charge in [-0.15, -0.1) is 0 Å². The van der Waals surface area contributed by atoms with E-state index in [1.54, 1.807) is 0 Å². The number of aryl methyl sites for hydroxylation is 1.